The lowest BCUT2D eigenvalue weighted by Crippen LogP contribution is -2.49. The Kier molecular flexibility index (Phi) is 8.06. The Morgan fingerprint density at radius 2 is 1.65 bits per heavy atom. The maximum atomic E-state index is 13.7. The summed E-state index contributed by atoms with van der Waals surface area (Å²) in [5.74, 6) is -0.779. The summed E-state index contributed by atoms with van der Waals surface area (Å²) in [4.78, 5) is 58.3. The number of amides is 3. The minimum Gasteiger partial charge on any atom is -0.391 e. The Labute approximate surface area is 248 Å². The largest absolute Gasteiger partial charge is 0.391 e. The molecule has 1 N–H and O–H groups in total. The van der Waals surface area contributed by atoms with Crippen LogP contribution < -0.4 is 4.90 Å². The molecule has 12 heteroatoms. The molecular weight excluding hydrogens is 554 g/mol. The van der Waals surface area contributed by atoms with E-state index in [1.54, 1.807) is 4.90 Å². The average Bonchev–Trinajstić information content (AvgIpc) is 3.04. The average molecular weight is 588 g/mol. The fourth-order valence-corrected chi connectivity index (χ4v) is 6.20. The van der Waals surface area contributed by atoms with Crippen LogP contribution in [0.25, 0.3) is 10.8 Å². The zero-order valence-corrected chi connectivity index (χ0v) is 23.7. The first kappa shape index (κ1) is 28.7. The predicted octanol–water partition coefficient (Wildman–Crippen LogP) is 2.06. The Hall–Kier alpha value is -4.39. The number of ether oxygens (including phenoxy) is 1. The van der Waals surface area contributed by atoms with Crippen molar-refractivity contribution in [3.05, 3.63) is 80.9 Å². The number of benzene rings is 3. The first-order valence-electron chi connectivity index (χ1n) is 14.5. The molecular formula is C31H33N5O7. The highest BCUT2D eigenvalue weighted by atomic mass is 16.6. The number of aliphatic hydroxyl groups excluding tert-OH is 1. The van der Waals surface area contributed by atoms with Crippen molar-refractivity contribution in [1.82, 2.24) is 14.7 Å². The summed E-state index contributed by atoms with van der Waals surface area (Å²) in [6, 6.07) is 13.8. The number of nitro benzene ring substituents is 1. The zero-order chi connectivity index (χ0) is 30.1. The summed E-state index contributed by atoms with van der Waals surface area (Å²) in [7, 11) is 0. The standard InChI is InChI=1S/C31H33N5O7/c37-20-22-6-5-21(17-26(22)36(41)42)30(39)34-10-8-33(9-11-34)27-18-23-19-28(38)35(12-7-32-13-15-43-16-14-32)31(40)29(23)25-4-2-1-3-24(25)27/h1-6,17-18,37H,7-16,19-20H2. The van der Waals surface area contributed by atoms with Gasteiger partial charge in [-0.15, -0.1) is 0 Å². The quantitative estimate of drug-likeness (QED) is 0.250. The van der Waals surface area contributed by atoms with E-state index in [0.717, 1.165) is 29.5 Å². The van der Waals surface area contributed by atoms with Gasteiger partial charge < -0.3 is 19.6 Å². The van der Waals surface area contributed by atoms with E-state index in [-0.39, 0.29) is 41.0 Å². The van der Waals surface area contributed by atoms with Crippen LogP contribution in [0.5, 0.6) is 0 Å². The van der Waals surface area contributed by atoms with Crippen molar-refractivity contribution in [3.8, 4) is 0 Å². The Morgan fingerprint density at radius 1 is 0.930 bits per heavy atom. The Bertz CT molecular complexity index is 1590. The van der Waals surface area contributed by atoms with Gasteiger partial charge in [-0.1, -0.05) is 24.3 Å². The van der Waals surface area contributed by atoms with Gasteiger partial charge in [0.1, 0.15) is 0 Å². The predicted molar refractivity (Wildman–Crippen MR) is 158 cm³/mol. The van der Waals surface area contributed by atoms with Crippen LogP contribution in [0.3, 0.4) is 0 Å². The van der Waals surface area contributed by atoms with E-state index >= 15 is 0 Å². The molecule has 3 aliphatic heterocycles. The van der Waals surface area contributed by atoms with E-state index in [2.05, 4.69) is 9.80 Å². The second kappa shape index (κ2) is 12.1. The first-order valence-corrected chi connectivity index (χ1v) is 14.5. The normalized spacial score (nSPS) is 17.8. The van der Waals surface area contributed by atoms with Crippen LogP contribution in [0.2, 0.25) is 0 Å². The minimum absolute atomic E-state index is 0.142. The number of fused-ring (bicyclic) bond motifs is 3. The molecule has 2 saturated heterocycles. The second-order valence-corrected chi connectivity index (χ2v) is 11.0. The van der Waals surface area contributed by atoms with Crippen molar-refractivity contribution in [3.63, 3.8) is 0 Å². The fourth-order valence-electron chi connectivity index (χ4n) is 6.20. The number of imide groups is 1. The summed E-state index contributed by atoms with van der Waals surface area (Å²) in [5.41, 5.74) is 2.27. The molecule has 0 spiro atoms. The number of carbonyl (C=O) groups excluding carboxylic acids is 3. The van der Waals surface area contributed by atoms with Gasteiger partial charge in [-0.3, -0.25) is 34.3 Å². The van der Waals surface area contributed by atoms with E-state index in [4.69, 9.17) is 4.74 Å². The molecule has 43 heavy (non-hydrogen) atoms. The van der Waals surface area contributed by atoms with Gasteiger partial charge in [-0.2, -0.15) is 0 Å². The molecule has 0 aliphatic carbocycles. The van der Waals surface area contributed by atoms with Gasteiger partial charge in [0.2, 0.25) is 5.91 Å². The lowest BCUT2D eigenvalue weighted by Gasteiger charge is -2.38. The number of nitrogens with zero attached hydrogens (tertiary/aromatic N) is 5. The maximum absolute atomic E-state index is 13.7. The molecule has 0 unspecified atom stereocenters. The van der Waals surface area contributed by atoms with Gasteiger partial charge >= 0.3 is 0 Å². The number of anilines is 1. The van der Waals surface area contributed by atoms with Crippen molar-refractivity contribution in [1.29, 1.82) is 0 Å². The number of nitro groups is 1. The van der Waals surface area contributed by atoms with Crippen LogP contribution in [-0.4, -0.2) is 108 Å². The van der Waals surface area contributed by atoms with Crippen LogP contribution in [-0.2, 0) is 22.6 Å². The number of carbonyl (C=O) groups is 3. The molecule has 3 amide bonds. The van der Waals surface area contributed by atoms with Crippen LogP contribution in [0.4, 0.5) is 11.4 Å². The van der Waals surface area contributed by atoms with E-state index < -0.39 is 11.5 Å². The molecule has 3 heterocycles. The molecule has 6 rings (SSSR count). The highest BCUT2D eigenvalue weighted by Crippen LogP contribution is 2.36. The van der Waals surface area contributed by atoms with Gasteiger partial charge in [0.25, 0.3) is 17.5 Å². The van der Waals surface area contributed by atoms with Crippen LogP contribution in [0.1, 0.15) is 31.8 Å². The molecule has 2 fully saturated rings. The third-order valence-corrected chi connectivity index (χ3v) is 8.56. The van der Waals surface area contributed by atoms with Gasteiger partial charge in [0, 0.05) is 75.1 Å². The smallest absolute Gasteiger partial charge is 0.275 e. The van der Waals surface area contributed by atoms with Crippen molar-refractivity contribution in [2.24, 2.45) is 0 Å². The lowest BCUT2D eigenvalue weighted by atomic mass is 9.91. The van der Waals surface area contributed by atoms with Crippen molar-refractivity contribution in [2.45, 2.75) is 13.0 Å². The van der Waals surface area contributed by atoms with Crippen LogP contribution in [0.15, 0.2) is 48.5 Å². The summed E-state index contributed by atoms with van der Waals surface area (Å²) < 4.78 is 5.40. The molecule has 0 atom stereocenters. The third kappa shape index (κ3) is 5.56. The molecule has 3 aromatic carbocycles. The number of piperazine rings is 1. The monoisotopic (exact) mass is 587 g/mol. The molecule has 0 bridgehead atoms. The van der Waals surface area contributed by atoms with Gasteiger partial charge in [0.15, 0.2) is 0 Å². The van der Waals surface area contributed by atoms with Crippen molar-refractivity contribution < 1.29 is 29.2 Å². The molecule has 3 aliphatic rings. The SMILES string of the molecule is O=C(c1ccc(CO)c([N+](=O)[O-])c1)N1CCN(c2cc3c(c4ccccc24)C(=O)N(CCN2CCOCC2)C(=O)C3)CC1. The molecule has 3 aromatic rings. The zero-order valence-electron chi connectivity index (χ0n) is 23.7. The highest BCUT2D eigenvalue weighted by molar-refractivity contribution is 6.18. The first-order chi connectivity index (χ1) is 20.9. The molecule has 224 valence electrons. The molecule has 0 saturated carbocycles. The number of rotatable bonds is 7. The Morgan fingerprint density at radius 3 is 2.35 bits per heavy atom. The summed E-state index contributed by atoms with van der Waals surface area (Å²) in [6.45, 7) is 5.17. The number of hydrogen-bond donors (Lipinski definition) is 1. The number of hydrogen-bond acceptors (Lipinski definition) is 9. The van der Waals surface area contributed by atoms with E-state index in [9.17, 15) is 29.6 Å². The van der Waals surface area contributed by atoms with Gasteiger partial charge in [-0.05, 0) is 29.1 Å². The summed E-state index contributed by atoms with van der Waals surface area (Å²) in [5, 5.41) is 22.5. The lowest BCUT2D eigenvalue weighted by molar-refractivity contribution is -0.385. The van der Waals surface area contributed by atoms with E-state index in [1.807, 2.05) is 30.3 Å². The van der Waals surface area contributed by atoms with E-state index in [1.165, 1.54) is 23.1 Å². The van der Waals surface area contributed by atoms with Crippen molar-refractivity contribution >= 4 is 39.9 Å². The van der Waals surface area contributed by atoms with Crippen LogP contribution in [0, 0.1) is 10.1 Å². The third-order valence-electron chi connectivity index (χ3n) is 8.56. The molecule has 12 nitrogen and oxygen atoms in total. The second-order valence-electron chi connectivity index (χ2n) is 11.0. The maximum Gasteiger partial charge on any atom is 0.275 e. The van der Waals surface area contributed by atoms with Gasteiger partial charge in [-0.25, -0.2) is 0 Å². The highest BCUT2D eigenvalue weighted by Gasteiger charge is 2.34. The van der Waals surface area contributed by atoms with Gasteiger partial charge in [0.05, 0.1) is 42.3 Å². The molecule has 0 aromatic heterocycles. The minimum atomic E-state index is -0.597. The fraction of sp³-hybridized carbons (Fsp3) is 0.387. The van der Waals surface area contributed by atoms with E-state index in [0.29, 0.717) is 63.6 Å². The van der Waals surface area contributed by atoms with Crippen LogP contribution >= 0.6 is 0 Å². The Balaban J connectivity index is 1.21. The number of morpholine rings is 1. The summed E-state index contributed by atoms with van der Waals surface area (Å²) >= 11 is 0. The van der Waals surface area contributed by atoms with Crippen molar-refractivity contribution in [2.75, 3.05) is 70.5 Å². The summed E-state index contributed by atoms with van der Waals surface area (Å²) in [6.07, 6.45) is 0.142. The topological polar surface area (TPSA) is 137 Å². The molecule has 0 radical (unpaired) electrons. The number of aliphatic hydroxyl groups is 1.